The van der Waals surface area contributed by atoms with Crippen LogP contribution in [0.4, 0.5) is 0 Å². The summed E-state index contributed by atoms with van der Waals surface area (Å²) in [7, 11) is 5.40. The molecule has 1 saturated heterocycles. The number of rotatable bonds is 9. The van der Waals surface area contributed by atoms with E-state index in [0.717, 1.165) is 56.5 Å². The summed E-state index contributed by atoms with van der Waals surface area (Å²) in [6.45, 7) is 5.53. The van der Waals surface area contributed by atoms with Crippen LogP contribution in [-0.2, 0) is 11.2 Å². The van der Waals surface area contributed by atoms with Gasteiger partial charge in [0.25, 0.3) is 0 Å². The number of likely N-dealkylation sites (N-methyl/N-ethyl adjacent to an activating group) is 1. The summed E-state index contributed by atoms with van der Waals surface area (Å²) in [5.41, 5.74) is 1.21. The third-order valence-corrected chi connectivity index (χ3v) is 4.62. The number of halogens is 1. The second kappa shape index (κ2) is 13.0. The number of ether oxygens (including phenoxy) is 3. The molecule has 0 bridgehead atoms. The maximum atomic E-state index is 5.68. The highest BCUT2D eigenvalue weighted by atomic mass is 127. The van der Waals surface area contributed by atoms with Gasteiger partial charge in [-0.3, -0.25) is 4.99 Å². The summed E-state index contributed by atoms with van der Waals surface area (Å²) in [5.74, 6) is 2.48. The number of methoxy groups -OCH3 is 2. The molecular formula is C20H34IN3O3. The van der Waals surface area contributed by atoms with Crippen LogP contribution in [0, 0.1) is 0 Å². The lowest BCUT2D eigenvalue weighted by atomic mass is 10.1. The molecular weight excluding hydrogens is 457 g/mol. The van der Waals surface area contributed by atoms with Gasteiger partial charge in [0.1, 0.15) is 0 Å². The molecule has 1 unspecified atom stereocenters. The van der Waals surface area contributed by atoms with Crippen LogP contribution in [0.2, 0.25) is 0 Å². The third-order valence-electron chi connectivity index (χ3n) is 4.62. The molecule has 0 spiro atoms. The molecule has 2 rings (SSSR count). The molecule has 6 nitrogen and oxygen atoms in total. The van der Waals surface area contributed by atoms with Gasteiger partial charge in [-0.25, -0.2) is 0 Å². The second-order valence-electron chi connectivity index (χ2n) is 6.52. The van der Waals surface area contributed by atoms with Crippen LogP contribution >= 0.6 is 24.0 Å². The third kappa shape index (κ3) is 7.73. The van der Waals surface area contributed by atoms with Crippen molar-refractivity contribution in [2.45, 2.75) is 38.7 Å². The van der Waals surface area contributed by atoms with Gasteiger partial charge in [0.15, 0.2) is 17.5 Å². The fourth-order valence-corrected chi connectivity index (χ4v) is 3.09. The van der Waals surface area contributed by atoms with Gasteiger partial charge in [0, 0.05) is 33.3 Å². The number of aliphatic imine (C=N–C) groups is 1. The average Bonchev–Trinajstić information content (AvgIpc) is 3.18. The van der Waals surface area contributed by atoms with Crippen molar-refractivity contribution < 1.29 is 14.2 Å². The number of guanidine groups is 1. The number of nitrogens with one attached hydrogen (secondary N) is 1. The second-order valence-corrected chi connectivity index (χ2v) is 6.52. The molecule has 1 aromatic rings. The Morgan fingerprint density at radius 3 is 2.70 bits per heavy atom. The maximum Gasteiger partial charge on any atom is 0.193 e. The summed E-state index contributed by atoms with van der Waals surface area (Å²) in [6.07, 6.45) is 4.64. The van der Waals surface area contributed by atoms with Crippen molar-refractivity contribution in [2.24, 2.45) is 4.99 Å². The van der Waals surface area contributed by atoms with Crippen molar-refractivity contribution in [1.29, 1.82) is 0 Å². The Bertz CT molecular complexity index is 578. The molecule has 0 saturated carbocycles. The molecule has 7 heteroatoms. The van der Waals surface area contributed by atoms with E-state index >= 15 is 0 Å². The van der Waals surface area contributed by atoms with Crippen molar-refractivity contribution in [2.75, 3.05) is 47.5 Å². The van der Waals surface area contributed by atoms with Crippen LogP contribution in [0.1, 0.15) is 31.7 Å². The van der Waals surface area contributed by atoms with Crippen LogP contribution < -0.4 is 14.8 Å². The Morgan fingerprint density at radius 1 is 1.30 bits per heavy atom. The highest BCUT2D eigenvalue weighted by Gasteiger charge is 2.15. The summed E-state index contributed by atoms with van der Waals surface area (Å²) in [4.78, 5) is 6.93. The van der Waals surface area contributed by atoms with Gasteiger partial charge in [-0.2, -0.15) is 0 Å². The quantitative estimate of drug-likeness (QED) is 0.326. The van der Waals surface area contributed by atoms with E-state index in [1.165, 1.54) is 18.4 Å². The van der Waals surface area contributed by atoms with Crippen molar-refractivity contribution >= 4 is 29.9 Å². The normalized spacial score (nSPS) is 16.6. The van der Waals surface area contributed by atoms with Crippen LogP contribution in [0.5, 0.6) is 11.5 Å². The van der Waals surface area contributed by atoms with Crippen molar-refractivity contribution in [3.05, 3.63) is 23.8 Å². The Kier molecular flexibility index (Phi) is 11.5. The Hall–Kier alpha value is -1.22. The van der Waals surface area contributed by atoms with Crippen LogP contribution in [0.15, 0.2) is 23.2 Å². The predicted octanol–water partition coefficient (Wildman–Crippen LogP) is 3.33. The van der Waals surface area contributed by atoms with Gasteiger partial charge in [-0.1, -0.05) is 6.07 Å². The van der Waals surface area contributed by atoms with E-state index in [4.69, 9.17) is 19.2 Å². The summed E-state index contributed by atoms with van der Waals surface area (Å²) in [5, 5.41) is 3.38. The standard InChI is InChI=1S/C20H33N3O3.HI/c1-5-21-20(22-12-10-17-7-6-14-26-17)23(2)13-11-16-8-9-18(24-3)19(15-16)25-4;/h8-9,15,17H,5-7,10-14H2,1-4H3,(H,21,22);1H. The SMILES string of the molecule is CCNC(=NCCC1CCCO1)N(C)CCc1ccc(OC)c(OC)c1.I. The van der Waals surface area contributed by atoms with Crippen molar-refractivity contribution in [3.8, 4) is 11.5 Å². The van der Waals surface area contributed by atoms with Gasteiger partial charge >= 0.3 is 0 Å². The molecule has 154 valence electrons. The fourth-order valence-electron chi connectivity index (χ4n) is 3.09. The van der Waals surface area contributed by atoms with E-state index in [1.54, 1.807) is 14.2 Å². The van der Waals surface area contributed by atoms with Gasteiger partial charge in [-0.05, 0) is 50.3 Å². The number of hydrogen-bond donors (Lipinski definition) is 1. The lowest BCUT2D eigenvalue weighted by Gasteiger charge is -2.22. The first kappa shape index (κ1) is 23.8. The Labute approximate surface area is 180 Å². The minimum atomic E-state index is 0. The monoisotopic (exact) mass is 491 g/mol. The molecule has 1 aromatic carbocycles. The molecule has 1 N–H and O–H groups in total. The molecule has 27 heavy (non-hydrogen) atoms. The molecule has 0 radical (unpaired) electrons. The van der Waals surface area contributed by atoms with E-state index in [-0.39, 0.29) is 24.0 Å². The van der Waals surface area contributed by atoms with Gasteiger partial charge in [-0.15, -0.1) is 24.0 Å². The predicted molar refractivity (Wildman–Crippen MR) is 121 cm³/mol. The number of nitrogens with zero attached hydrogens (tertiary/aromatic N) is 2. The molecule has 0 amide bonds. The lowest BCUT2D eigenvalue weighted by molar-refractivity contribution is 0.106. The molecule has 1 atom stereocenters. The van der Waals surface area contributed by atoms with Crippen molar-refractivity contribution in [3.63, 3.8) is 0 Å². The Morgan fingerprint density at radius 2 is 2.07 bits per heavy atom. The summed E-state index contributed by atoms with van der Waals surface area (Å²) in [6, 6.07) is 6.07. The highest BCUT2D eigenvalue weighted by molar-refractivity contribution is 14.0. The average molecular weight is 491 g/mol. The molecule has 1 fully saturated rings. The van der Waals surface area contributed by atoms with E-state index in [1.807, 2.05) is 12.1 Å². The van der Waals surface area contributed by atoms with Gasteiger partial charge in [0.05, 0.1) is 20.3 Å². The van der Waals surface area contributed by atoms with E-state index in [9.17, 15) is 0 Å². The largest absolute Gasteiger partial charge is 0.493 e. The minimum absolute atomic E-state index is 0. The number of hydrogen-bond acceptors (Lipinski definition) is 4. The topological polar surface area (TPSA) is 55.3 Å². The fraction of sp³-hybridized carbons (Fsp3) is 0.650. The zero-order valence-electron chi connectivity index (χ0n) is 17.0. The zero-order chi connectivity index (χ0) is 18.8. The van der Waals surface area contributed by atoms with E-state index in [2.05, 4.69) is 30.3 Å². The Balaban J connectivity index is 0.00000364. The smallest absolute Gasteiger partial charge is 0.193 e. The lowest BCUT2D eigenvalue weighted by Crippen LogP contribution is -2.40. The van der Waals surface area contributed by atoms with Gasteiger partial charge < -0.3 is 24.4 Å². The summed E-state index contributed by atoms with van der Waals surface area (Å²) < 4.78 is 16.4. The first-order valence-electron chi connectivity index (χ1n) is 9.49. The van der Waals surface area contributed by atoms with Crippen LogP contribution in [0.25, 0.3) is 0 Å². The van der Waals surface area contributed by atoms with Crippen LogP contribution in [-0.4, -0.2) is 64.5 Å². The number of benzene rings is 1. The van der Waals surface area contributed by atoms with E-state index in [0.29, 0.717) is 6.10 Å². The molecule has 1 aliphatic rings. The summed E-state index contributed by atoms with van der Waals surface area (Å²) >= 11 is 0. The van der Waals surface area contributed by atoms with Gasteiger partial charge in [0.2, 0.25) is 0 Å². The molecule has 1 heterocycles. The van der Waals surface area contributed by atoms with Crippen LogP contribution in [0.3, 0.4) is 0 Å². The first-order valence-corrected chi connectivity index (χ1v) is 9.49. The van der Waals surface area contributed by atoms with E-state index < -0.39 is 0 Å². The van der Waals surface area contributed by atoms with Crippen molar-refractivity contribution in [1.82, 2.24) is 10.2 Å². The maximum absolute atomic E-state index is 5.68. The first-order chi connectivity index (χ1) is 12.7. The molecule has 0 aliphatic carbocycles. The zero-order valence-corrected chi connectivity index (χ0v) is 19.3. The molecule has 0 aromatic heterocycles. The minimum Gasteiger partial charge on any atom is -0.493 e. The highest BCUT2D eigenvalue weighted by Crippen LogP contribution is 2.27. The molecule has 1 aliphatic heterocycles.